The van der Waals surface area contributed by atoms with Gasteiger partial charge in [-0.25, -0.2) is 4.39 Å². The van der Waals surface area contributed by atoms with Crippen LogP contribution in [0.25, 0.3) is 22.0 Å². The molecule has 2 aromatic carbocycles. The number of carbonyl (C=O) groups excluding carboxylic acids is 2. The number of benzene rings is 2. The number of aromatic amines is 1. The summed E-state index contributed by atoms with van der Waals surface area (Å²) in [7, 11) is 4.92. The number of hydrogen-bond donors (Lipinski definition) is 1. The molecule has 0 spiro atoms. The predicted octanol–water partition coefficient (Wildman–Crippen LogP) is 4.07. The standard InChI is InChI=1S/C28H31FN6O3/c1-33(2)28(37)23-16-22-21(19-8-4-5-9-24(19)38-3)15-20(26(29)27(22)31-23)18-7-6-12-34(17-18)25(36)10-13-35-14-11-30-32-35/h4-5,8-9,11,14-16,18,31H,6-7,10,12-13,17H2,1-3H3/t18-/m0/s1. The Balaban J connectivity index is 1.53. The van der Waals surface area contributed by atoms with E-state index in [9.17, 15) is 9.59 Å². The molecule has 4 aromatic rings. The number of aromatic nitrogens is 4. The Morgan fingerprint density at radius 2 is 2.03 bits per heavy atom. The van der Waals surface area contributed by atoms with Crippen molar-refractivity contribution < 1.29 is 18.7 Å². The van der Waals surface area contributed by atoms with Crippen molar-refractivity contribution in [3.05, 3.63) is 65.9 Å². The minimum atomic E-state index is -0.390. The van der Waals surface area contributed by atoms with Crippen molar-refractivity contribution in [1.82, 2.24) is 29.8 Å². The molecule has 3 heterocycles. The quantitative estimate of drug-likeness (QED) is 0.398. The van der Waals surface area contributed by atoms with Gasteiger partial charge in [-0.05, 0) is 42.2 Å². The second kappa shape index (κ2) is 10.6. The van der Waals surface area contributed by atoms with Crippen LogP contribution in [-0.2, 0) is 11.3 Å². The number of halogens is 1. The molecule has 0 saturated carbocycles. The van der Waals surface area contributed by atoms with Crippen molar-refractivity contribution in [3.63, 3.8) is 0 Å². The largest absolute Gasteiger partial charge is 0.496 e. The van der Waals surface area contributed by atoms with Crippen LogP contribution < -0.4 is 4.74 Å². The summed E-state index contributed by atoms with van der Waals surface area (Å²) in [5.41, 5.74) is 2.70. The fourth-order valence-corrected chi connectivity index (χ4v) is 5.20. The number of hydrogen-bond acceptors (Lipinski definition) is 5. The lowest BCUT2D eigenvalue weighted by Gasteiger charge is -2.33. The maximum absolute atomic E-state index is 16.2. The highest BCUT2D eigenvalue weighted by atomic mass is 19.1. The number of rotatable bonds is 7. The van der Waals surface area contributed by atoms with E-state index in [1.54, 1.807) is 44.3 Å². The third-order valence-corrected chi connectivity index (χ3v) is 7.15. The molecule has 1 aliphatic rings. The van der Waals surface area contributed by atoms with Crippen LogP contribution in [0.5, 0.6) is 5.75 Å². The van der Waals surface area contributed by atoms with E-state index in [-0.39, 0.29) is 23.2 Å². The average molecular weight is 519 g/mol. The fourth-order valence-electron chi connectivity index (χ4n) is 5.20. The van der Waals surface area contributed by atoms with E-state index in [0.29, 0.717) is 48.4 Å². The Hall–Kier alpha value is -4.21. The third-order valence-electron chi connectivity index (χ3n) is 7.15. The Bertz CT molecular complexity index is 1460. The summed E-state index contributed by atoms with van der Waals surface area (Å²) < 4.78 is 23.4. The van der Waals surface area contributed by atoms with Gasteiger partial charge < -0.3 is 19.5 Å². The molecule has 0 aliphatic carbocycles. The summed E-state index contributed by atoms with van der Waals surface area (Å²) >= 11 is 0. The molecule has 1 N–H and O–H groups in total. The first kappa shape index (κ1) is 25.4. The third kappa shape index (κ3) is 4.85. The molecule has 1 saturated heterocycles. The Morgan fingerprint density at radius 3 is 2.76 bits per heavy atom. The Morgan fingerprint density at radius 1 is 1.21 bits per heavy atom. The predicted molar refractivity (Wildman–Crippen MR) is 141 cm³/mol. The summed E-state index contributed by atoms with van der Waals surface area (Å²) in [6, 6.07) is 11.1. The molecular formula is C28H31FN6O3. The van der Waals surface area contributed by atoms with E-state index < -0.39 is 5.82 Å². The van der Waals surface area contributed by atoms with Crippen molar-refractivity contribution in [2.45, 2.75) is 31.7 Å². The van der Waals surface area contributed by atoms with E-state index in [0.717, 1.165) is 24.0 Å². The van der Waals surface area contributed by atoms with Crippen LogP contribution in [0.1, 0.15) is 41.2 Å². The van der Waals surface area contributed by atoms with E-state index in [1.165, 1.54) is 4.90 Å². The zero-order chi connectivity index (χ0) is 26.8. The summed E-state index contributed by atoms with van der Waals surface area (Å²) in [6.45, 7) is 1.51. The Labute approximate surface area is 220 Å². The number of ether oxygens (including phenoxy) is 1. The molecule has 2 amide bonds. The molecular weight excluding hydrogens is 487 g/mol. The molecule has 2 aromatic heterocycles. The Kier molecular flexibility index (Phi) is 7.13. The molecule has 1 aliphatic heterocycles. The molecule has 1 atom stereocenters. The van der Waals surface area contributed by atoms with Gasteiger partial charge in [-0.3, -0.25) is 14.3 Å². The highest BCUT2D eigenvalue weighted by molar-refractivity contribution is 6.04. The van der Waals surface area contributed by atoms with Crippen LogP contribution in [0.2, 0.25) is 0 Å². The highest BCUT2D eigenvalue weighted by Gasteiger charge is 2.29. The summed E-state index contributed by atoms with van der Waals surface area (Å²) in [5.74, 6) is -0.154. The van der Waals surface area contributed by atoms with E-state index >= 15 is 4.39 Å². The number of amides is 2. The molecule has 38 heavy (non-hydrogen) atoms. The molecule has 0 unspecified atom stereocenters. The minimum absolute atomic E-state index is 0.00961. The summed E-state index contributed by atoms with van der Waals surface area (Å²) in [5, 5.41) is 8.31. The van der Waals surface area contributed by atoms with Gasteiger partial charge >= 0.3 is 0 Å². The van der Waals surface area contributed by atoms with Gasteiger partial charge in [-0.1, -0.05) is 23.4 Å². The van der Waals surface area contributed by atoms with Gasteiger partial charge in [-0.15, -0.1) is 5.10 Å². The first-order chi connectivity index (χ1) is 18.4. The van der Waals surface area contributed by atoms with Crippen molar-refractivity contribution in [2.75, 3.05) is 34.3 Å². The number of para-hydroxylation sites is 1. The molecule has 10 heteroatoms. The van der Waals surface area contributed by atoms with Gasteiger partial charge in [0.05, 0.1) is 25.4 Å². The SMILES string of the molecule is COc1ccccc1-c1cc([C@H]2CCCN(C(=O)CCn3ccnn3)C2)c(F)c2[nH]c(C(=O)N(C)C)cc12. The molecule has 198 valence electrons. The van der Waals surface area contributed by atoms with Gasteiger partial charge in [0.2, 0.25) is 5.91 Å². The smallest absolute Gasteiger partial charge is 0.269 e. The normalized spacial score (nSPS) is 15.6. The zero-order valence-electron chi connectivity index (χ0n) is 21.8. The van der Waals surface area contributed by atoms with Gasteiger partial charge in [-0.2, -0.15) is 0 Å². The van der Waals surface area contributed by atoms with Crippen molar-refractivity contribution in [1.29, 1.82) is 0 Å². The first-order valence-electron chi connectivity index (χ1n) is 12.7. The lowest BCUT2D eigenvalue weighted by Crippen LogP contribution is -2.39. The highest BCUT2D eigenvalue weighted by Crippen LogP contribution is 2.41. The molecule has 5 rings (SSSR count). The number of nitrogens with one attached hydrogen (secondary N) is 1. The van der Waals surface area contributed by atoms with Crippen molar-refractivity contribution in [2.24, 2.45) is 0 Å². The first-order valence-corrected chi connectivity index (χ1v) is 12.7. The molecule has 0 radical (unpaired) electrons. The van der Waals surface area contributed by atoms with Gasteiger partial charge in [0.1, 0.15) is 11.4 Å². The van der Waals surface area contributed by atoms with E-state index in [4.69, 9.17) is 4.74 Å². The van der Waals surface area contributed by atoms with E-state index in [1.807, 2.05) is 35.2 Å². The van der Waals surface area contributed by atoms with Crippen molar-refractivity contribution in [3.8, 4) is 16.9 Å². The number of methoxy groups -OCH3 is 1. The number of carbonyl (C=O) groups is 2. The van der Waals surface area contributed by atoms with Gasteiger partial charge in [0.25, 0.3) is 5.91 Å². The monoisotopic (exact) mass is 518 g/mol. The van der Waals surface area contributed by atoms with Crippen molar-refractivity contribution >= 4 is 22.7 Å². The maximum atomic E-state index is 16.2. The second-order valence-electron chi connectivity index (χ2n) is 9.79. The van der Waals surface area contributed by atoms with E-state index in [2.05, 4.69) is 15.3 Å². The van der Waals surface area contributed by atoms with Crippen LogP contribution in [0.15, 0.2) is 48.8 Å². The van der Waals surface area contributed by atoms with Crippen LogP contribution in [-0.4, -0.2) is 75.9 Å². The van der Waals surface area contributed by atoms with Gasteiger partial charge in [0, 0.05) is 56.7 Å². The topological polar surface area (TPSA) is 96.3 Å². The second-order valence-corrected chi connectivity index (χ2v) is 9.79. The minimum Gasteiger partial charge on any atom is -0.496 e. The zero-order valence-corrected chi connectivity index (χ0v) is 21.8. The number of H-pyrrole nitrogens is 1. The molecule has 9 nitrogen and oxygen atoms in total. The number of fused-ring (bicyclic) bond motifs is 1. The van der Waals surface area contributed by atoms with Crippen LogP contribution in [0.3, 0.4) is 0 Å². The molecule has 0 bridgehead atoms. The van der Waals surface area contributed by atoms with Gasteiger partial charge in [0.15, 0.2) is 5.82 Å². The average Bonchev–Trinajstić information content (AvgIpc) is 3.62. The number of aryl methyl sites for hydroxylation is 1. The molecule has 1 fully saturated rings. The van der Waals surface area contributed by atoms with Crippen LogP contribution in [0, 0.1) is 5.82 Å². The number of nitrogens with zero attached hydrogens (tertiary/aromatic N) is 5. The summed E-state index contributed by atoms with van der Waals surface area (Å²) in [4.78, 5) is 32.0. The van der Waals surface area contributed by atoms with Crippen LogP contribution in [0.4, 0.5) is 4.39 Å². The lowest BCUT2D eigenvalue weighted by molar-refractivity contribution is -0.132. The van der Waals surface area contributed by atoms with Crippen LogP contribution >= 0.6 is 0 Å². The number of likely N-dealkylation sites (tertiary alicyclic amines) is 1. The fraction of sp³-hybridized carbons (Fsp3) is 0.357. The lowest BCUT2D eigenvalue weighted by atomic mass is 9.86. The summed E-state index contributed by atoms with van der Waals surface area (Å²) in [6.07, 6.45) is 5.14. The number of piperidine rings is 1. The maximum Gasteiger partial charge on any atom is 0.269 e.